The average Bonchev–Trinajstić information content (AvgIpc) is 2.23. The van der Waals surface area contributed by atoms with Crippen LogP contribution in [0.2, 0.25) is 5.82 Å². The molecule has 0 aromatic carbocycles. The second-order valence-electron chi connectivity index (χ2n) is 2.89. The van der Waals surface area contributed by atoms with Gasteiger partial charge in [-0.15, -0.1) is 0 Å². The van der Waals surface area contributed by atoms with E-state index >= 15 is 0 Å². The number of rotatable bonds is 8. The fourth-order valence-corrected chi connectivity index (χ4v) is 4.94. The van der Waals surface area contributed by atoms with Gasteiger partial charge in [0, 0.05) is 0 Å². The third kappa shape index (κ3) is 5.42. The number of carboxylic acids is 2. The molecule has 9 heteroatoms. The van der Waals surface area contributed by atoms with Gasteiger partial charge in [-0.05, 0) is 0 Å². The summed E-state index contributed by atoms with van der Waals surface area (Å²) < 4.78 is -1.20. The van der Waals surface area contributed by atoms with E-state index in [-0.39, 0.29) is 26.5 Å². The number of carbonyl (C=O) groups is 2. The molecule has 0 saturated heterocycles. The van der Waals surface area contributed by atoms with Crippen LogP contribution in [0, 0.1) is 0 Å². The molecule has 0 saturated carbocycles. The molecule has 2 atom stereocenters. The zero-order valence-electron chi connectivity index (χ0n) is 8.58. The summed E-state index contributed by atoms with van der Waals surface area (Å²) in [5.74, 6) is 0.146. The quantitative estimate of drug-likeness (QED) is 0.260. The molecule has 0 bridgehead atoms. The maximum absolute atomic E-state index is 10.8. The van der Waals surface area contributed by atoms with Crippen LogP contribution >= 0.6 is 21.6 Å². The zero-order valence-corrected chi connectivity index (χ0v) is 11.9. The van der Waals surface area contributed by atoms with Gasteiger partial charge in [-0.1, -0.05) is 0 Å². The van der Waals surface area contributed by atoms with Crippen molar-refractivity contribution in [2.24, 2.45) is 11.5 Å². The van der Waals surface area contributed by atoms with E-state index in [1.54, 1.807) is 5.82 Å². The Hall–Kier alpha value is 0.0795. The molecule has 0 spiro atoms. The monoisotopic (exact) mass is 334 g/mol. The minimum atomic E-state index is -1.20. The summed E-state index contributed by atoms with van der Waals surface area (Å²) >= 11 is -0.221. The molecule has 0 heterocycles. The first-order chi connectivity index (χ1) is 7.33. The van der Waals surface area contributed by atoms with E-state index in [0.29, 0.717) is 0 Å². The van der Waals surface area contributed by atoms with E-state index in [2.05, 4.69) is 0 Å². The summed E-state index contributed by atoms with van der Waals surface area (Å²) in [5.41, 5.74) is 10.9. The first kappa shape index (κ1) is 16.1. The molecule has 0 rings (SSSR count). The van der Waals surface area contributed by atoms with Gasteiger partial charge >= 0.3 is 108 Å². The van der Waals surface area contributed by atoms with Crippen molar-refractivity contribution in [3.63, 3.8) is 0 Å². The Morgan fingerprint density at radius 1 is 1.44 bits per heavy atom. The Morgan fingerprint density at radius 2 is 2.00 bits per heavy atom. The number of carboxylic acid groups (broad SMARTS) is 2. The van der Waals surface area contributed by atoms with Crippen LogP contribution in [0.5, 0.6) is 0 Å². The zero-order chi connectivity index (χ0) is 12.8. The van der Waals surface area contributed by atoms with Gasteiger partial charge in [0.15, 0.2) is 0 Å². The van der Waals surface area contributed by atoms with E-state index < -0.39 is 22.4 Å². The molecule has 16 heavy (non-hydrogen) atoms. The number of hydrogen-bond acceptors (Lipinski definition) is 6. The molecule has 0 aliphatic heterocycles. The Bertz CT molecular complexity index is 269. The summed E-state index contributed by atoms with van der Waals surface area (Å²) in [6.07, 6.45) is 0. The molecule has 6 nitrogen and oxygen atoms in total. The van der Waals surface area contributed by atoms with Gasteiger partial charge in [-0.3, -0.25) is 0 Å². The number of nitrogens with two attached hydrogens (primary N) is 2. The van der Waals surface area contributed by atoms with E-state index in [1.165, 1.54) is 21.6 Å². The van der Waals surface area contributed by atoms with Gasteiger partial charge < -0.3 is 0 Å². The Kier molecular flexibility index (Phi) is 7.45. The van der Waals surface area contributed by atoms with Gasteiger partial charge in [0.2, 0.25) is 0 Å². The SMILES string of the molecule is C[Se]C(N)(CSSCC(N)C(=O)O)C(=O)O. The van der Waals surface area contributed by atoms with Crippen LogP contribution < -0.4 is 11.5 Å². The van der Waals surface area contributed by atoms with E-state index in [9.17, 15) is 9.59 Å². The molecular weight excluding hydrogens is 319 g/mol. The van der Waals surface area contributed by atoms with Crippen LogP contribution in [0.25, 0.3) is 0 Å². The molecule has 0 amide bonds. The average molecular weight is 333 g/mol. The number of hydrogen-bond donors (Lipinski definition) is 4. The van der Waals surface area contributed by atoms with Crippen LogP contribution in [0.15, 0.2) is 0 Å². The molecule has 0 aliphatic carbocycles. The fraction of sp³-hybridized carbons (Fsp3) is 0.714. The Labute approximate surface area is 107 Å². The minimum absolute atomic E-state index is 0.221. The predicted molar refractivity (Wildman–Crippen MR) is 66.7 cm³/mol. The van der Waals surface area contributed by atoms with Gasteiger partial charge in [-0.25, -0.2) is 0 Å². The van der Waals surface area contributed by atoms with Gasteiger partial charge in [-0.2, -0.15) is 0 Å². The molecule has 0 aromatic heterocycles. The van der Waals surface area contributed by atoms with Crippen molar-refractivity contribution in [1.82, 2.24) is 0 Å². The molecule has 0 fully saturated rings. The molecular formula is C7H14N2O4S2Se. The van der Waals surface area contributed by atoms with Crippen LogP contribution in [0.1, 0.15) is 0 Å². The normalized spacial score (nSPS) is 16.4. The molecule has 6 N–H and O–H groups in total. The molecule has 0 aliphatic rings. The summed E-state index contributed by atoms with van der Waals surface area (Å²) in [5, 5.41) is 17.4. The van der Waals surface area contributed by atoms with Crippen molar-refractivity contribution in [1.29, 1.82) is 0 Å². The molecule has 0 radical (unpaired) electrons. The third-order valence-corrected chi connectivity index (χ3v) is 6.75. The van der Waals surface area contributed by atoms with E-state index in [1.807, 2.05) is 0 Å². The second-order valence-corrected chi connectivity index (χ2v) is 7.78. The van der Waals surface area contributed by atoms with E-state index in [0.717, 1.165) is 0 Å². The topological polar surface area (TPSA) is 127 Å². The molecule has 94 valence electrons. The first-order valence-corrected chi connectivity index (χ1v) is 9.19. The molecule has 2 unspecified atom stereocenters. The standard InChI is InChI=1S/C7H14N2O4S2Se/c1-16-7(9,6(12)13)3-15-14-2-4(8)5(10)11/h4H,2-3,8-9H2,1H3,(H,10,11)(H,12,13). The van der Waals surface area contributed by atoms with Crippen molar-refractivity contribution in [3.05, 3.63) is 0 Å². The predicted octanol–water partition coefficient (Wildman–Crippen LogP) is -0.728. The van der Waals surface area contributed by atoms with Gasteiger partial charge in [0.1, 0.15) is 0 Å². The Balaban J connectivity index is 3.89. The van der Waals surface area contributed by atoms with Crippen molar-refractivity contribution in [2.75, 3.05) is 11.5 Å². The van der Waals surface area contributed by atoms with Crippen LogP contribution in [0.3, 0.4) is 0 Å². The van der Waals surface area contributed by atoms with Crippen molar-refractivity contribution in [2.45, 2.75) is 16.3 Å². The van der Waals surface area contributed by atoms with Gasteiger partial charge in [0.25, 0.3) is 0 Å². The van der Waals surface area contributed by atoms with Crippen LogP contribution in [-0.4, -0.2) is 59.1 Å². The van der Waals surface area contributed by atoms with Gasteiger partial charge in [0.05, 0.1) is 0 Å². The van der Waals surface area contributed by atoms with Crippen LogP contribution in [0.4, 0.5) is 0 Å². The first-order valence-electron chi connectivity index (χ1n) is 4.13. The fourth-order valence-electron chi connectivity index (χ4n) is 0.530. The Morgan fingerprint density at radius 3 is 2.38 bits per heavy atom. The summed E-state index contributed by atoms with van der Waals surface area (Å²) in [4.78, 5) is 21.2. The summed E-state index contributed by atoms with van der Waals surface area (Å²) in [7, 11) is 2.47. The van der Waals surface area contributed by atoms with Crippen LogP contribution in [-0.2, 0) is 9.59 Å². The maximum atomic E-state index is 10.8. The summed E-state index contributed by atoms with van der Waals surface area (Å²) in [6, 6.07) is -0.929. The van der Waals surface area contributed by atoms with E-state index in [4.69, 9.17) is 21.7 Å². The van der Waals surface area contributed by atoms with Crippen molar-refractivity contribution >= 4 is 48.5 Å². The second kappa shape index (κ2) is 7.41. The van der Waals surface area contributed by atoms with Crippen molar-refractivity contribution < 1.29 is 19.8 Å². The molecule has 0 aromatic rings. The summed E-state index contributed by atoms with van der Waals surface area (Å²) in [6.45, 7) is 0. The third-order valence-electron chi connectivity index (χ3n) is 1.65. The van der Waals surface area contributed by atoms with Crippen molar-refractivity contribution in [3.8, 4) is 0 Å². The number of aliphatic carboxylic acids is 2.